The molecule has 0 saturated carbocycles. The highest BCUT2D eigenvalue weighted by Crippen LogP contribution is 2.23. The molecule has 0 bridgehead atoms. The molecule has 0 heterocycles. The molecular weight excluding hydrogens is 236 g/mol. The van der Waals surface area contributed by atoms with Crippen LogP contribution in [0.2, 0.25) is 0 Å². The summed E-state index contributed by atoms with van der Waals surface area (Å²) in [4.78, 5) is 13.1. The van der Waals surface area contributed by atoms with E-state index in [1.807, 2.05) is 24.5 Å². The largest absolute Gasteiger partial charge is 0.352 e. The molecule has 0 atom stereocenters. The van der Waals surface area contributed by atoms with Crippen LogP contribution in [0.3, 0.4) is 0 Å². The van der Waals surface area contributed by atoms with E-state index in [0.29, 0.717) is 11.1 Å². The van der Waals surface area contributed by atoms with Gasteiger partial charge in [-0.05, 0) is 18.4 Å². The molecule has 0 spiro atoms. The Morgan fingerprint density at radius 2 is 1.88 bits per heavy atom. The monoisotopic (exact) mass is 252 g/mol. The molecule has 0 aromatic heterocycles. The number of methoxy groups -OCH3 is 2. The highest BCUT2D eigenvalue weighted by molar-refractivity contribution is 7.98. The van der Waals surface area contributed by atoms with E-state index in [-0.39, 0.29) is 5.78 Å². The molecule has 1 aromatic rings. The normalized spacial score (nSPS) is 10.6. The van der Waals surface area contributed by atoms with E-state index in [1.54, 1.807) is 6.07 Å². The van der Waals surface area contributed by atoms with Crippen molar-refractivity contribution in [1.29, 1.82) is 0 Å². The van der Waals surface area contributed by atoms with Gasteiger partial charge in [0, 0.05) is 30.3 Å². The van der Waals surface area contributed by atoms with E-state index in [4.69, 9.17) is 9.47 Å². The van der Waals surface area contributed by atoms with Crippen LogP contribution >= 0.6 is 11.8 Å². The molecule has 0 N–H and O–H groups in total. The third-order valence-corrected chi connectivity index (χ3v) is 3.15. The van der Waals surface area contributed by atoms with Gasteiger partial charge in [0.05, 0.1) is 0 Å². The third kappa shape index (κ3) is 3.19. The number of rotatable bonds is 6. The van der Waals surface area contributed by atoms with E-state index in [9.17, 15) is 4.79 Å². The Morgan fingerprint density at radius 3 is 2.41 bits per heavy atom. The van der Waals surface area contributed by atoms with E-state index >= 15 is 0 Å². The van der Waals surface area contributed by atoms with Crippen molar-refractivity contribution in [2.45, 2.75) is 11.2 Å². The van der Waals surface area contributed by atoms with Crippen LogP contribution in [0.15, 0.2) is 41.3 Å². The molecule has 0 saturated heterocycles. The number of carbonyl (C=O) groups is 1. The molecule has 1 aromatic carbocycles. The fourth-order valence-corrected chi connectivity index (χ4v) is 2.09. The highest BCUT2D eigenvalue weighted by Gasteiger charge is 2.21. The van der Waals surface area contributed by atoms with Crippen LogP contribution in [0, 0.1) is 0 Å². The second kappa shape index (κ2) is 6.59. The van der Waals surface area contributed by atoms with Gasteiger partial charge in [-0.2, -0.15) is 0 Å². The predicted octanol–water partition coefficient (Wildman–Crippen LogP) is 2.77. The Bertz CT molecular complexity index is 411. The van der Waals surface area contributed by atoms with E-state index in [1.165, 1.54) is 26.0 Å². The number of hydrogen-bond acceptors (Lipinski definition) is 4. The van der Waals surface area contributed by atoms with Crippen molar-refractivity contribution in [2.75, 3.05) is 20.5 Å². The van der Waals surface area contributed by atoms with Gasteiger partial charge in [-0.25, -0.2) is 0 Å². The highest BCUT2D eigenvalue weighted by atomic mass is 32.2. The molecule has 92 valence electrons. The molecule has 0 aliphatic rings. The lowest BCUT2D eigenvalue weighted by Gasteiger charge is -2.16. The lowest BCUT2D eigenvalue weighted by atomic mass is 10.0. The second-order valence-corrected chi connectivity index (χ2v) is 4.21. The minimum atomic E-state index is -0.697. The van der Waals surface area contributed by atoms with Crippen molar-refractivity contribution >= 4 is 17.5 Å². The molecule has 1 rings (SSSR count). The number of ketones is 1. The molecule has 17 heavy (non-hydrogen) atoms. The summed E-state index contributed by atoms with van der Waals surface area (Å²) in [6.07, 6.45) is 1.23. The molecule has 0 unspecified atom stereocenters. The average Bonchev–Trinajstić information content (AvgIpc) is 2.39. The van der Waals surface area contributed by atoms with Gasteiger partial charge in [-0.15, -0.1) is 11.8 Å². The van der Waals surface area contributed by atoms with Crippen LogP contribution in [-0.2, 0) is 9.47 Å². The summed E-state index contributed by atoms with van der Waals surface area (Å²) in [6.45, 7) is 3.74. The molecular formula is C13H16O3S. The fraction of sp³-hybridized carbons (Fsp3) is 0.308. The smallest absolute Gasteiger partial charge is 0.194 e. The third-order valence-electron chi connectivity index (χ3n) is 2.36. The first-order chi connectivity index (χ1) is 8.15. The van der Waals surface area contributed by atoms with E-state index in [0.717, 1.165) is 4.90 Å². The average molecular weight is 252 g/mol. The van der Waals surface area contributed by atoms with Gasteiger partial charge in [0.1, 0.15) is 0 Å². The van der Waals surface area contributed by atoms with Crippen molar-refractivity contribution in [1.82, 2.24) is 0 Å². The Labute approximate surface area is 106 Å². The van der Waals surface area contributed by atoms with Crippen molar-refractivity contribution in [3.63, 3.8) is 0 Å². The number of benzene rings is 1. The number of Topliss-reactive ketones (excluding diaryl/α,β-unsaturated/α-hetero) is 1. The maximum atomic E-state index is 12.2. The first-order valence-corrected chi connectivity index (χ1v) is 6.30. The first kappa shape index (κ1) is 14.0. The molecule has 0 amide bonds. The predicted molar refractivity (Wildman–Crippen MR) is 69.5 cm³/mol. The van der Waals surface area contributed by atoms with Gasteiger partial charge in [0.25, 0.3) is 0 Å². The maximum Gasteiger partial charge on any atom is 0.194 e. The molecule has 0 radical (unpaired) electrons. The lowest BCUT2D eigenvalue weighted by Crippen LogP contribution is -2.21. The molecule has 0 aliphatic heterocycles. The topological polar surface area (TPSA) is 35.5 Å². The van der Waals surface area contributed by atoms with Gasteiger partial charge >= 0.3 is 0 Å². The van der Waals surface area contributed by atoms with Gasteiger partial charge in [-0.1, -0.05) is 18.7 Å². The number of carbonyl (C=O) groups excluding carboxylic acids is 1. The summed E-state index contributed by atoms with van der Waals surface area (Å²) >= 11 is 1.52. The first-order valence-electron chi connectivity index (χ1n) is 5.07. The van der Waals surface area contributed by atoms with Crippen molar-refractivity contribution in [3.05, 3.63) is 42.0 Å². The Hall–Kier alpha value is -1.10. The van der Waals surface area contributed by atoms with Crippen LogP contribution in [0.25, 0.3) is 0 Å². The van der Waals surface area contributed by atoms with Gasteiger partial charge in [0.15, 0.2) is 12.1 Å². The van der Waals surface area contributed by atoms with Crippen LogP contribution in [0.5, 0.6) is 0 Å². The Balaban J connectivity index is 3.00. The maximum absolute atomic E-state index is 12.2. The summed E-state index contributed by atoms with van der Waals surface area (Å²) < 4.78 is 10.1. The molecule has 3 nitrogen and oxygen atoms in total. The summed E-state index contributed by atoms with van der Waals surface area (Å²) in [5.74, 6) is -0.149. The zero-order valence-corrected chi connectivity index (χ0v) is 11.0. The van der Waals surface area contributed by atoms with Crippen LogP contribution in [-0.4, -0.2) is 32.5 Å². The Kier molecular flexibility index (Phi) is 5.41. The molecule has 4 heteroatoms. The summed E-state index contributed by atoms with van der Waals surface area (Å²) in [7, 11) is 2.96. The standard InChI is InChI=1S/C13H16O3S/c1-9(13(15-2)16-3)12(14)10-7-5-6-8-11(10)17-4/h5-8,13H,1H2,2-4H3. The van der Waals surface area contributed by atoms with Gasteiger partial charge in [0.2, 0.25) is 0 Å². The zero-order chi connectivity index (χ0) is 12.8. The van der Waals surface area contributed by atoms with Gasteiger partial charge < -0.3 is 9.47 Å². The second-order valence-electron chi connectivity index (χ2n) is 3.36. The quantitative estimate of drug-likeness (QED) is 0.337. The van der Waals surface area contributed by atoms with E-state index < -0.39 is 6.29 Å². The summed E-state index contributed by atoms with van der Waals surface area (Å²) in [6, 6.07) is 7.41. The van der Waals surface area contributed by atoms with Crippen molar-refractivity contribution in [3.8, 4) is 0 Å². The van der Waals surface area contributed by atoms with Crippen LogP contribution in [0.1, 0.15) is 10.4 Å². The summed E-state index contributed by atoms with van der Waals surface area (Å²) in [5.41, 5.74) is 0.931. The van der Waals surface area contributed by atoms with Crippen LogP contribution < -0.4 is 0 Å². The minimum Gasteiger partial charge on any atom is -0.352 e. The number of thioether (sulfide) groups is 1. The summed E-state index contributed by atoms with van der Waals surface area (Å²) in [5, 5.41) is 0. The zero-order valence-electron chi connectivity index (χ0n) is 10.2. The Morgan fingerprint density at radius 1 is 1.29 bits per heavy atom. The van der Waals surface area contributed by atoms with Gasteiger partial charge in [-0.3, -0.25) is 4.79 Å². The fourth-order valence-electron chi connectivity index (χ4n) is 1.49. The minimum absolute atomic E-state index is 0.149. The lowest BCUT2D eigenvalue weighted by molar-refractivity contribution is -0.0729. The van der Waals surface area contributed by atoms with Crippen molar-refractivity contribution in [2.24, 2.45) is 0 Å². The number of hydrogen-bond donors (Lipinski definition) is 0. The number of ether oxygens (including phenoxy) is 2. The SMILES string of the molecule is C=C(C(=O)c1ccccc1SC)C(OC)OC. The molecule has 0 fully saturated rings. The molecule has 0 aliphatic carbocycles. The van der Waals surface area contributed by atoms with Crippen LogP contribution in [0.4, 0.5) is 0 Å². The van der Waals surface area contributed by atoms with E-state index in [2.05, 4.69) is 6.58 Å². The van der Waals surface area contributed by atoms with Crippen molar-refractivity contribution < 1.29 is 14.3 Å².